The molecule has 0 saturated carbocycles. The van der Waals surface area contributed by atoms with Crippen LogP contribution in [0.25, 0.3) is 0 Å². The zero-order valence-corrected chi connectivity index (χ0v) is 19.5. The number of carbonyl (C=O) groups is 3. The van der Waals surface area contributed by atoms with E-state index in [9.17, 15) is 22.8 Å². The van der Waals surface area contributed by atoms with Crippen LogP contribution in [0.1, 0.15) is 58.0 Å². The van der Waals surface area contributed by atoms with Gasteiger partial charge >= 0.3 is 5.97 Å². The molecule has 0 bridgehead atoms. The number of benzene rings is 3. The first-order valence-corrected chi connectivity index (χ1v) is 12.3. The van der Waals surface area contributed by atoms with E-state index in [2.05, 4.69) is 19.2 Å². The Morgan fingerprint density at radius 2 is 1.62 bits per heavy atom. The molecule has 3 aromatic rings. The molecular formula is C26H23NO6S. The quantitative estimate of drug-likeness (QED) is 0.413. The Bertz CT molecular complexity index is 1390. The molecule has 4 rings (SSSR count). The van der Waals surface area contributed by atoms with Gasteiger partial charge < -0.3 is 10.1 Å². The number of ether oxygens (including phenoxy) is 1. The number of hydrogen-bond donors (Lipinski definition) is 1. The predicted octanol–water partition coefficient (Wildman–Crippen LogP) is 4.37. The Balaban J connectivity index is 1.45. The van der Waals surface area contributed by atoms with E-state index in [1.54, 1.807) is 18.2 Å². The summed E-state index contributed by atoms with van der Waals surface area (Å²) >= 11 is 0. The molecule has 1 atom stereocenters. The number of carbonyl (C=O) groups excluding carboxylic acids is 3. The second kappa shape index (κ2) is 9.23. The maximum atomic E-state index is 13.0. The van der Waals surface area contributed by atoms with Crippen LogP contribution in [-0.2, 0) is 19.4 Å². The fourth-order valence-electron chi connectivity index (χ4n) is 3.75. The number of esters is 1. The summed E-state index contributed by atoms with van der Waals surface area (Å²) in [5, 5.41) is 2.66. The smallest absolute Gasteiger partial charge is 0.338 e. The van der Waals surface area contributed by atoms with Crippen LogP contribution in [0, 0.1) is 0 Å². The summed E-state index contributed by atoms with van der Waals surface area (Å²) in [6, 6.07) is 17.1. The van der Waals surface area contributed by atoms with Crippen LogP contribution in [0.15, 0.2) is 76.5 Å². The van der Waals surface area contributed by atoms with Gasteiger partial charge in [0.2, 0.25) is 9.84 Å². The second-order valence-corrected chi connectivity index (χ2v) is 9.98. The summed E-state index contributed by atoms with van der Waals surface area (Å²) in [6.07, 6.45) is 1.01. The number of sulfone groups is 1. The molecule has 0 aromatic heterocycles. The van der Waals surface area contributed by atoms with E-state index in [1.807, 2.05) is 12.1 Å². The van der Waals surface area contributed by atoms with E-state index in [4.69, 9.17) is 4.74 Å². The van der Waals surface area contributed by atoms with Gasteiger partial charge in [-0.1, -0.05) is 38.1 Å². The number of hydrogen-bond acceptors (Lipinski definition) is 6. The first-order valence-electron chi connectivity index (χ1n) is 10.8. The van der Waals surface area contributed by atoms with Gasteiger partial charge in [0.25, 0.3) is 5.91 Å². The summed E-state index contributed by atoms with van der Waals surface area (Å²) in [5.41, 5.74) is 1.76. The highest BCUT2D eigenvalue weighted by Crippen LogP contribution is 2.34. The molecule has 0 aliphatic carbocycles. The van der Waals surface area contributed by atoms with Crippen LogP contribution in [0.2, 0.25) is 0 Å². The lowest BCUT2D eigenvalue weighted by molar-refractivity contribution is -0.119. The van der Waals surface area contributed by atoms with Gasteiger partial charge in [0.1, 0.15) is 0 Å². The number of rotatable bonds is 6. The van der Waals surface area contributed by atoms with Crippen molar-refractivity contribution in [1.82, 2.24) is 0 Å². The van der Waals surface area contributed by atoms with Gasteiger partial charge in [0.15, 0.2) is 12.4 Å². The molecule has 8 heteroatoms. The molecule has 174 valence electrons. The van der Waals surface area contributed by atoms with Crippen LogP contribution in [0.5, 0.6) is 0 Å². The van der Waals surface area contributed by atoms with Crippen molar-refractivity contribution in [3.63, 3.8) is 0 Å². The maximum Gasteiger partial charge on any atom is 0.338 e. The first-order chi connectivity index (χ1) is 16.2. The van der Waals surface area contributed by atoms with Crippen molar-refractivity contribution in [1.29, 1.82) is 0 Å². The zero-order chi connectivity index (χ0) is 24.5. The summed E-state index contributed by atoms with van der Waals surface area (Å²) in [5.74, 6) is -1.42. The van der Waals surface area contributed by atoms with Gasteiger partial charge in [-0.05, 0) is 60.4 Å². The molecule has 1 unspecified atom stereocenters. The van der Waals surface area contributed by atoms with Crippen molar-refractivity contribution in [3.8, 4) is 0 Å². The second-order valence-electron chi connectivity index (χ2n) is 8.10. The van der Waals surface area contributed by atoms with Crippen LogP contribution in [0.4, 0.5) is 5.69 Å². The van der Waals surface area contributed by atoms with Gasteiger partial charge in [0, 0.05) is 16.8 Å². The lowest BCUT2D eigenvalue weighted by Crippen LogP contribution is -2.22. The molecule has 1 N–H and O–H groups in total. The standard InChI is InChI=1S/C26H23NO6S/c1-3-16(2)17-8-11-19(12-9-17)27-24(28)15-33-26(30)18-10-13-21-23(14-18)34(31,32)22-7-5-4-6-20(22)25(21)29/h4-14,16H,3,15H2,1-2H3,(H,27,28). The van der Waals surface area contributed by atoms with Gasteiger partial charge in [0.05, 0.1) is 15.4 Å². The average Bonchev–Trinajstić information content (AvgIpc) is 2.85. The largest absolute Gasteiger partial charge is 0.452 e. The van der Waals surface area contributed by atoms with Gasteiger partial charge in [-0.3, -0.25) is 9.59 Å². The van der Waals surface area contributed by atoms with Gasteiger partial charge in [-0.15, -0.1) is 0 Å². The Morgan fingerprint density at radius 3 is 2.32 bits per heavy atom. The van der Waals surface area contributed by atoms with Gasteiger partial charge in [-0.25, -0.2) is 13.2 Å². The number of amides is 1. The van der Waals surface area contributed by atoms with Crippen LogP contribution >= 0.6 is 0 Å². The number of ketones is 1. The molecule has 1 aliphatic heterocycles. The Labute approximate surface area is 197 Å². The van der Waals surface area contributed by atoms with E-state index >= 15 is 0 Å². The van der Waals surface area contributed by atoms with Crippen LogP contribution < -0.4 is 5.32 Å². The van der Waals surface area contributed by atoms with E-state index in [-0.39, 0.29) is 26.5 Å². The topological polar surface area (TPSA) is 107 Å². The maximum absolute atomic E-state index is 13.0. The fraction of sp³-hybridized carbons (Fsp3) is 0.192. The normalized spacial score (nSPS) is 14.5. The lowest BCUT2D eigenvalue weighted by Gasteiger charge is -2.19. The third kappa shape index (κ3) is 4.36. The summed E-state index contributed by atoms with van der Waals surface area (Å²) in [7, 11) is -3.98. The minimum absolute atomic E-state index is 0.00571. The van der Waals surface area contributed by atoms with Crippen molar-refractivity contribution in [2.24, 2.45) is 0 Å². The molecule has 0 saturated heterocycles. The Kier molecular flexibility index (Phi) is 6.34. The molecule has 1 heterocycles. The highest BCUT2D eigenvalue weighted by atomic mass is 32.2. The number of anilines is 1. The molecule has 1 aliphatic rings. The molecular weight excluding hydrogens is 454 g/mol. The third-order valence-corrected chi connectivity index (χ3v) is 7.73. The first kappa shape index (κ1) is 23.4. The van der Waals surface area contributed by atoms with Crippen molar-refractivity contribution in [2.45, 2.75) is 36.0 Å². The molecule has 1 amide bonds. The van der Waals surface area contributed by atoms with Crippen LogP contribution in [-0.4, -0.2) is 32.7 Å². The molecule has 0 spiro atoms. The minimum Gasteiger partial charge on any atom is -0.452 e. The molecule has 34 heavy (non-hydrogen) atoms. The molecule has 0 fully saturated rings. The number of fused-ring (bicyclic) bond motifs is 2. The van der Waals surface area contributed by atoms with Crippen molar-refractivity contribution < 1.29 is 27.5 Å². The fourth-order valence-corrected chi connectivity index (χ4v) is 5.43. The summed E-state index contributed by atoms with van der Waals surface area (Å²) in [4.78, 5) is 37.1. The highest BCUT2D eigenvalue weighted by molar-refractivity contribution is 7.91. The zero-order valence-electron chi connectivity index (χ0n) is 18.7. The van der Waals surface area contributed by atoms with E-state index in [1.165, 1.54) is 30.3 Å². The van der Waals surface area contributed by atoms with Crippen molar-refractivity contribution in [2.75, 3.05) is 11.9 Å². The molecule has 7 nitrogen and oxygen atoms in total. The van der Waals surface area contributed by atoms with Crippen molar-refractivity contribution in [3.05, 3.63) is 89.0 Å². The summed E-state index contributed by atoms with van der Waals surface area (Å²) < 4.78 is 31.1. The molecule has 3 aromatic carbocycles. The highest BCUT2D eigenvalue weighted by Gasteiger charge is 2.35. The monoisotopic (exact) mass is 477 g/mol. The Hall–Kier alpha value is -3.78. The van der Waals surface area contributed by atoms with E-state index < -0.39 is 34.1 Å². The van der Waals surface area contributed by atoms with Gasteiger partial charge in [-0.2, -0.15) is 0 Å². The average molecular weight is 478 g/mol. The van der Waals surface area contributed by atoms with Crippen molar-refractivity contribution >= 4 is 33.2 Å². The van der Waals surface area contributed by atoms with Crippen LogP contribution in [0.3, 0.4) is 0 Å². The number of nitrogens with one attached hydrogen (secondary N) is 1. The third-order valence-electron chi connectivity index (χ3n) is 5.88. The lowest BCUT2D eigenvalue weighted by atomic mass is 9.99. The van der Waals surface area contributed by atoms with E-state index in [0.717, 1.165) is 18.1 Å². The minimum atomic E-state index is -3.98. The summed E-state index contributed by atoms with van der Waals surface area (Å²) in [6.45, 7) is 3.68. The SMILES string of the molecule is CCC(C)c1ccc(NC(=O)COC(=O)c2ccc3c(c2)S(=O)(=O)c2ccccc2C3=O)cc1. The molecule has 0 radical (unpaired) electrons. The predicted molar refractivity (Wildman–Crippen MR) is 126 cm³/mol. The van der Waals surface area contributed by atoms with E-state index in [0.29, 0.717) is 11.6 Å². The Morgan fingerprint density at radius 1 is 0.941 bits per heavy atom.